The predicted molar refractivity (Wildman–Crippen MR) is 45.9 cm³/mol. The first-order valence-corrected chi connectivity index (χ1v) is 5.07. The second-order valence-corrected chi connectivity index (χ2v) is 3.68. The van der Waals surface area contributed by atoms with Gasteiger partial charge < -0.3 is 5.11 Å². The van der Waals surface area contributed by atoms with Crippen molar-refractivity contribution in [1.29, 1.82) is 0 Å². The molecule has 1 aliphatic heterocycles. The Hall–Kier alpha value is -0.380. The summed E-state index contributed by atoms with van der Waals surface area (Å²) in [5.41, 5.74) is 0. The second kappa shape index (κ2) is 3.85. The molecule has 64 valence electrons. The summed E-state index contributed by atoms with van der Waals surface area (Å²) in [6.45, 7) is 0.709. The van der Waals surface area contributed by atoms with E-state index in [0.29, 0.717) is 6.54 Å². The highest BCUT2D eigenvalue weighted by Crippen LogP contribution is 2.24. The molecule has 1 unspecified atom stereocenters. The summed E-state index contributed by atoms with van der Waals surface area (Å²) in [4.78, 5) is 12.2. The van der Waals surface area contributed by atoms with Gasteiger partial charge in [-0.3, -0.25) is 4.90 Å². The van der Waals surface area contributed by atoms with E-state index in [4.69, 9.17) is 5.11 Å². The third kappa shape index (κ3) is 2.02. The molecule has 0 aliphatic carbocycles. The standard InChI is InChI=1S/C7H13NO2S/c1-11-6-4-2-3-5-8(6)7(9)10/h6H,2-5H2,1H3,(H,9,10). The first-order valence-electron chi connectivity index (χ1n) is 3.78. The van der Waals surface area contributed by atoms with Crippen LogP contribution in [0.15, 0.2) is 0 Å². The summed E-state index contributed by atoms with van der Waals surface area (Å²) in [6, 6.07) is 0. The van der Waals surface area contributed by atoms with Gasteiger partial charge in [-0.1, -0.05) is 0 Å². The lowest BCUT2D eigenvalue weighted by Gasteiger charge is -2.31. The maximum atomic E-state index is 10.6. The normalized spacial score (nSPS) is 25.2. The summed E-state index contributed by atoms with van der Waals surface area (Å²) < 4.78 is 0. The van der Waals surface area contributed by atoms with Crippen LogP contribution in [-0.2, 0) is 0 Å². The van der Waals surface area contributed by atoms with Gasteiger partial charge in [-0.2, -0.15) is 0 Å². The molecular weight excluding hydrogens is 162 g/mol. The Kier molecular flexibility index (Phi) is 3.05. The minimum absolute atomic E-state index is 0.196. The molecule has 1 N–H and O–H groups in total. The van der Waals surface area contributed by atoms with Crippen LogP contribution in [0.1, 0.15) is 19.3 Å². The Morgan fingerprint density at radius 2 is 2.36 bits per heavy atom. The highest BCUT2D eigenvalue weighted by molar-refractivity contribution is 7.99. The van der Waals surface area contributed by atoms with E-state index >= 15 is 0 Å². The van der Waals surface area contributed by atoms with Crippen molar-refractivity contribution in [2.75, 3.05) is 12.8 Å². The van der Waals surface area contributed by atoms with Gasteiger partial charge in [0.15, 0.2) is 0 Å². The first-order chi connectivity index (χ1) is 5.25. The average Bonchev–Trinajstić information content (AvgIpc) is 2.04. The Morgan fingerprint density at radius 3 is 2.82 bits per heavy atom. The van der Waals surface area contributed by atoms with Gasteiger partial charge >= 0.3 is 6.09 Å². The number of hydrogen-bond acceptors (Lipinski definition) is 2. The number of thioether (sulfide) groups is 1. The zero-order valence-corrected chi connectivity index (χ0v) is 7.43. The van der Waals surface area contributed by atoms with Crippen LogP contribution < -0.4 is 0 Å². The minimum Gasteiger partial charge on any atom is -0.465 e. The summed E-state index contributed by atoms with van der Waals surface area (Å²) in [6.07, 6.45) is 4.38. The van der Waals surface area contributed by atoms with Crippen LogP contribution in [0.5, 0.6) is 0 Å². The highest BCUT2D eigenvalue weighted by Gasteiger charge is 2.24. The zero-order chi connectivity index (χ0) is 8.27. The molecule has 3 nitrogen and oxygen atoms in total. The Balaban J connectivity index is 2.51. The van der Waals surface area contributed by atoms with Crippen molar-refractivity contribution in [1.82, 2.24) is 4.90 Å². The molecule has 0 aromatic carbocycles. The topological polar surface area (TPSA) is 40.5 Å². The van der Waals surface area contributed by atoms with E-state index in [9.17, 15) is 4.79 Å². The fourth-order valence-electron chi connectivity index (χ4n) is 1.36. The molecular formula is C7H13NO2S. The van der Waals surface area contributed by atoms with Crippen molar-refractivity contribution in [2.45, 2.75) is 24.6 Å². The van der Waals surface area contributed by atoms with Crippen LogP contribution in [0.3, 0.4) is 0 Å². The third-order valence-electron chi connectivity index (χ3n) is 1.97. The molecule has 1 atom stereocenters. The number of carbonyl (C=O) groups is 1. The number of nitrogens with zero attached hydrogens (tertiary/aromatic N) is 1. The van der Waals surface area contributed by atoms with Crippen molar-refractivity contribution in [3.05, 3.63) is 0 Å². The van der Waals surface area contributed by atoms with Gasteiger partial charge in [0.1, 0.15) is 0 Å². The van der Waals surface area contributed by atoms with Gasteiger partial charge in [-0.25, -0.2) is 4.79 Å². The molecule has 1 saturated heterocycles. The molecule has 1 heterocycles. The van der Waals surface area contributed by atoms with Crippen LogP contribution in [-0.4, -0.2) is 34.3 Å². The average molecular weight is 175 g/mol. The quantitative estimate of drug-likeness (QED) is 0.661. The Bertz CT molecular complexity index is 151. The third-order valence-corrected chi connectivity index (χ3v) is 3.00. The molecule has 0 saturated carbocycles. The molecule has 11 heavy (non-hydrogen) atoms. The van der Waals surface area contributed by atoms with Crippen molar-refractivity contribution in [3.8, 4) is 0 Å². The fraction of sp³-hybridized carbons (Fsp3) is 0.857. The summed E-state index contributed by atoms with van der Waals surface area (Å²) in [5.74, 6) is 0. The molecule has 0 spiro atoms. The molecule has 1 rings (SSSR count). The molecule has 1 amide bonds. The van der Waals surface area contributed by atoms with Gasteiger partial charge in [0, 0.05) is 6.54 Å². The van der Waals surface area contributed by atoms with Crippen LogP contribution >= 0.6 is 11.8 Å². The Morgan fingerprint density at radius 1 is 1.64 bits per heavy atom. The van der Waals surface area contributed by atoms with Crippen LogP contribution in [0, 0.1) is 0 Å². The smallest absolute Gasteiger partial charge is 0.408 e. The van der Waals surface area contributed by atoms with E-state index < -0.39 is 6.09 Å². The van der Waals surface area contributed by atoms with E-state index in [1.165, 1.54) is 4.90 Å². The zero-order valence-electron chi connectivity index (χ0n) is 6.62. The van der Waals surface area contributed by atoms with E-state index in [0.717, 1.165) is 19.3 Å². The fourth-order valence-corrected chi connectivity index (χ4v) is 2.22. The van der Waals surface area contributed by atoms with Gasteiger partial charge in [0.05, 0.1) is 5.37 Å². The number of rotatable bonds is 1. The number of carboxylic acid groups (broad SMARTS) is 1. The van der Waals surface area contributed by atoms with E-state index in [1.54, 1.807) is 11.8 Å². The number of piperidine rings is 1. The van der Waals surface area contributed by atoms with Gasteiger partial charge in [0.25, 0.3) is 0 Å². The number of amides is 1. The maximum absolute atomic E-state index is 10.6. The lowest BCUT2D eigenvalue weighted by molar-refractivity contribution is 0.129. The highest BCUT2D eigenvalue weighted by atomic mass is 32.2. The molecule has 0 aromatic rings. The van der Waals surface area contributed by atoms with Crippen LogP contribution in [0.25, 0.3) is 0 Å². The van der Waals surface area contributed by atoms with Crippen LogP contribution in [0.2, 0.25) is 0 Å². The molecule has 0 radical (unpaired) electrons. The van der Waals surface area contributed by atoms with E-state index in [2.05, 4.69) is 0 Å². The minimum atomic E-state index is -0.774. The van der Waals surface area contributed by atoms with Gasteiger partial charge in [-0.05, 0) is 25.5 Å². The van der Waals surface area contributed by atoms with Crippen molar-refractivity contribution < 1.29 is 9.90 Å². The summed E-state index contributed by atoms with van der Waals surface area (Å²) >= 11 is 1.63. The van der Waals surface area contributed by atoms with Crippen molar-refractivity contribution in [2.24, 2.45) is 0 Å². The first kappa shape index (κ1) is 8.71. The predicted octanol–water partition coefficient (Wildman–Crippen LogP) is 1.84. The molecule has 0 aromatic heterocycles. The SMILES string of the molecule is CSC1CCCCN1C(=O)O. The number of hydrogen-bond donors (Lipinski definition) is 1. The molecule has 4 heteroatoms. The molecule has 1 fully saturated rings. The van der Waals surface area contributed by atoms with E-state index in [1.807, 2.05) is 6.26 Å². The summed E-state index contributed by atoms with van der Waals surface area (Å²) in [7, 11) is 0. The maximum Gasteiger partial charge on any atom is 0.408 e. The van der Waals surface area contributed by atoms with Gasteiger partial charge in [0.2, 0.25) is 0 Å². The largest absolute Gasteiger partial charge is 0.465 e. The monoisotopic (exact) mass is 175 g/mol. The van der Waals surface area contributed by atoms with Gasteiger partial charge in [-0.15, -0.1) is 11.8 Å². The number of likely N-dealkylation sites (tertiary alicyclic amines) is 1. The van der Waals surface area contributed by atoms with Crippen molar-refractivity contribution >= 4 is 17.9 Å². The lowest BCUT2D eigenvalue weighted by Crippen LogP contribution is -2.40. The van der Waals surface area contributed by atoms with E-state index in [-0.39, 0.29) is 5.37 Å². The summed E-state index contributed by atoms with van der Waals surface area (Å²) in [5, 5.41) is 8.95. The van der Waals surface area contributed by atoms with Crippen molar-refractivity contribution in [3.63, 3.8) is 0 Å². The molecule has 0 bridgehead atoms. The Labute approximate surface area is 70.8 Å². The molecule has 1 aliphatic rings. The van der Waals surface area contributed by atoms with Crippen LogP contribution in [0.4, 0.5) is 4.79 Å². The lowest BCUT2D eigenvalue weighted by atomic mass is 10.1. The second-order valence-electron chi connectivity index (χ2n) is 2.66.